The van der Waals surface area contributed by atoms with Crippen molar-refractivity contribution in [2.75, 3.05) is 38.1 Å². The van der Waals surface area contributed by atoms with E-state index in [0.29, 0.717) is 24.5 Å². The van der Waals surface area contributed by atoms with Crippen LogP contribution >= 0.6 is 0 Å². The number of amides is 2. The number of carbonyl (C=O) groups excluding carboxylic acids is 2. The third-order valence-electron chi connectivity index (χ3n) is 4.90. The van der Waals surface area contributed by atoms with Crippen molar-refractivity contribution in [1.82, 2.24) is 19.8 Å². The summed E-state index contributed by atoms with van der Waals surface area (Å²) in [7, 11) is 2.02. The molecule has 0 bridgehead atoms. The van der Waals surface area contributed by atoms with Crippen LogP contribution in [0.25, 0.3) is 0 Å². The van der Waals surface area contributed by atoms with Gasteiger partial charge in [-0.25, -0.2) is 9.78 Å². The Labute approximate surface area is 157 Å². The minimum atomic E-state index is -0.920. The van der Waals surface area contributed by atoms with Crippen molar-refractivity contribution in [3.63, 3.8) is 0 Å². The smallest absolute Gasteiger partial charge is 0.412 e. The van der Waals surface area contributed by atoms with Gasteiger partial charge in [-0.1, -0.05) is 17.7 Å². The highest BCUT2D eigenvalue weighted by Crippen LogP contribution is 2.36. The molecule has 1 aromatic carbocycles. The first-order chi connectivity index (χ1) is 13.0. The molecule has 0 spiro atoms. The van der Waals surface area contributed by atoms with Crippen LogP contribution in [0.3, 0.4) is 0 Å². The zero-order valence-electron chi connectivity index (χ0n) is 15.3. The number of likely N-dealkylation sites (N-methyl/N-ethyl adjacent to an activating group) is 1. The standard InChI is InChI=1S/C19H21N5O3/c1-13-3-5-14(6-4-13)24-17(25)15-16(21-8-7-20-15)18(24)27-19(26)23-11-9-22(2)10-12-23/h3-8,18H,9-12H2,1-2H3/t18-/m0/s1. The topological polar surface area (TPSA) is 78.9 Å². The number of rotatable bonds is 2. The van der Waals surface area contributed by atoms with Gasteiger partial charge in [0.25, 0.3) is 5.91 Å². The molecule has 8 nitrogen and oxygen atoms in total. The molecule has 1 aromatic heterocycles. The van der Waals surface area contributed by atoms with Crippen molar-refractivity contribution < 1.29 is 14.3 Å². The van der Waals surface area contributed by atoms with Gasteiger partial charge in [-0.15, -0.1) is 0 Å². The van der Waals surface area contributed by atoms with Crippen LogP contribution in [0.5, 0.6) is 0 Å². The number of benzene rings is 1. The van der Waals surface area contributed by atoms with E-state index in [1.54, 1.807) is 4.90 Å². The highest BCUT2D eigenvalue weighted by molar-refractivity contribution is 6.09. The van der Waals surface area contributed by atoms with E-state index >= 15 is 0 Å². The number of nitrogens with zero attached hydrogens (tertiary/aromatic N) is 5. The van der Waals surface area contributed by atoms with Crippen molar-refractivity contribution in [3.8, 4) is 0 Å². The third-order valence-corrected chi connectivity index (χ3v) is 4.90. The Balaban J connectivity index is 1.63. The number of ether oxygens (including phenoxy) is 1. The number of fused-ring (bicyclic) bond motifs is 1. The van der Waals surface area contributed by atoms with Crippen LogP contribution in [0.2, 0.25) is 0 Å². The van der Waals surface area contributed by atoms with Gasteiger partial charge in [-0.2, -0.15) is 0 Å². The zero-order chi connectivity index (χ0) is 19.0. The van der Waals surface area contributed by atoms with E-state index in [4.69, 9.17) is 4.74 Å². The van der Waals surface area contributed by atoms with Gasteiger partial charge in [0.1, 0.15) is 5.69 Å². The fraction of sp³-hybridized carbons (Fsp3) is 0.368. The van der Waals surface area contributed by atoms with Crippen LogP contribution in [0, 0.1) is 6.92 Å². The van der Waals surface area contributed by atoms with Crippen LogP contribution in [0.15, 0.2) is 36.7 Å². The molecule has 140 valence electrons. The summed E-state index contributed by atoms with van der Waals surface area (Å²) in [6.45, 7) is 4.73. The maximum atomic E-state index is 12.9. The van der Waals surface area contributed by atoms with E-state index in [9.17, 15) is 9.59 Å². The predicted octanol–water partition coefficient (Wildman–Crippen LogP) is 1.83. The molecule has 4 rings (SSSR count). The molecule has 0 saturated carbocycles. The Morgan fingerprint density at radius 1 is 1.07 bits per heavy atom. The van der Waals surface area contributed by atoms with Crippen molar-refractivity contribution in [3.05, 3.63) is 53.6 Å². The van der Waals surface area contributed by atoms with Gasteiger partial charge >= 0.3 is 6.09 Å². The van der Waals surface area contributed by atoms with Crippen LogP contribution in [0.1, 0.15) is 28.0 Å². The highest BCUT2D eigenvalue weighted by atomic mass is 16.6. The summed E-state index contributed by atoms with van der Waals surface area (Å²) in [4.78, 5) is 39.3. The number of hydrogen-bond donors (Lipinski definition) is 0. The second-order valence-electron chi connectivity index (χ2n) is 6.83. The predicted molar refractivity (Wildman–Crippen MR) is 98.3 cm³/mol. The molecule has 0 radical (unpaired) electrons. The summed E-state index contributed by atoms with van der Waals surface area (Å²) in [6.07, 6.45) is 1.60. The lowest BCUT2D eigenvalue weighted by atomic mass is 10.2. The lowest BCUT2D eigenvalue weighted by Crippen LogP contribution is -2.48. The molecule has 2 aromatic rings. The number of hydrogen-bond acceptors (Lipinski definition) is 6. The van der Waals surface area contributed by atoms with Crippen LogP contribution in [0.4, 0.5) is 10.5 Å². The summed E-state index contributed by atoms with van der Waals surface area (Å²) < 4.78 is 5.75. The highest BCUT2D eigenvalue weighted by Gasteiger charge is 2.43. The Bertz CT molecular complexity index is 862. The molecule has 2 aliphatic rings. The number of anilines is 1. The summed E-state index contributed by atoms with van der Waals surface area (Å²) in [5.41, 5.74) is 2.30. The summed E-state index contributed by atoms with van der Waals surface area (Å²) >= 11 is 0. The quantitative estimate of drug-likeness (QED) is 0.806. The first kappa shape index (κ1) is 17.4. The lowest BCUT2D eigenvalue weighted by Gasteiger charge is -2.33. The Kier molecular flexibility index (Phi) is 4.49. The lowest BCUT2D eigenvalue weighted by molar-refractivity contribution is 0.0479. The normalized spacial score (nSPS) is 19.9. The fourth-order valence-electron chi connectivity index (χ4n) is 3.26. The maximum Gasteiger partial charge on any atom is 0.412 e. The van der Waals surface area contributed by atoms with Gasteiger partial charge in [0.05, 0.1) is 0 Å². The molecule has 27 heavy (non-hydrogen) atoms. The molecule has 3 heterocycles. The molecular formula is C19H21N5O3. The van der Waals surface area contributed by atoms with E-state index in [2.05, 4.69) is 14.9 Å². The Hall–Kier alpha value is -3.00. The van der Waals surface area contributed by atoms with E-state index < -0.39 is 12.3 Å². The second-order valence-corrected chi connectivity index (χ2v) is 6.83. The summed E-state index contributed by atoms with van der Waals surface area (Å²) in [6, 6.07) is 7.48. The van der Waals surface area contributed by atoms with Gasteiger partial charge in [0.2, 0.25) is 6.23 Å². The van der Waals surface area contributed by atoms with Crippen molar-refractivity contribution in [2.24, 2.45) is 0 Å². The van der Waals surface area contributed by atoms with E-state index in [1.807, 2.05) is 38.2 Å². The molecule has 8 heteroatoms. The fourth-order valence-corrected chi connectivity index (χ4v) is 3.26. The molecule has 1 atom stereocenters. The first-order valence-electron chi connectivity index (χ1n) is 8.90. The van der Waals surface area contributed by atoms with Gasteiger partial charge in [0.15, 0.2) is 5.69 Å². The largest absolute Gasteiger partial charge is 0.419 e. The van der Waals surface area contributed by atoms with Crippen molar-refractivity contribution >= 4 is 17.7 Å². The van der Waals surface area contributed by atoms with E-state index in [1.165, 1.54) is 17.3 Å². The van der Waals surface area contributed by atoms with Gasteiger partial charge in [-0.3, -0.25) is 14.7 Å². The number of piperazine rings is 1. The van der Waals surface area contributed by atoms with Crippen LogP contribution in [-0.2, 0) is 4.74 Å². The molecule has 1 fully saturated rings. The minimum absolute atomic E-state index is 0.217. The molecule has 1 saturated heterocycles. The molecule has 0 aliphatic carbocycles. The molecule has 0 N–H and O–H groups in total. The minimum Gasteiger partial charge on any atom is -0.419 e. The number of aromatic nitrogens is 2. The Morgan fingerprint density at radius 3 is 2.44 bits per heavy atom. The third kappa shape index (κ3) is 3.23. The first-order valence-corrected chi connectivity index (χ1v) is 8.90. The van der Waals surface area contributed by atoms with Crippen molar-refractivity contribution in [2.45, 2.75) is 13.2 Å². The SMILES string of the molecule is Cc1ccc(N2C(=O)c3nccnc3[C@@H]2OC(=O)N2CCN(C)CC2)cc1. The van der Waals surface area contributed by atoms with Crippen LogP contribution < -0.4 is 4.90 Å². The number of carbonyl (C=O) groups is 2. The average Bonchev–Trinajstić information content (AvgIpc) is 2.95. The van der Waals surface area contributed by atoms with E-state index in [-0.39, 0.29) is 11.6 Å². The number of aryl methyl sites for hydroxylation is 1. The maximum absolute atomic E-state index is 12.9. The average molecular weight is 367 g/mol. The molecule has 2 aliphatic heterocycles. The monoisotopic (exact) mass is 367 g/mol. The summed E-state index contributed by atoms with van der Waals surface area (Å²) in [5, 5.41) is 0. The van der Waals surface area contributed by atoms with Gasteiger partial charge in [0, 0.05) is 44.3 Å². The molecular weight excluding hydrogens is 346 g/mol. The van der Waals surface area contributed by atoms with Crippen LogP contribution in [-0.4, -0.2) is 65.0 Å². The zero-order valence-corrected chi connectivity index (χ0v) is 15.3. The van der Waals surface area contributed by atoms with Crippen molar-refractivity contribution in [1.29, 1.82) is 0 Å². The Morgan fingerprint density at radius 2 is 1.74 bits per heavy atom. The van der Waals surface area contributed by atoms with Gasteiger partial charge < -0.3 is 14.5 Å². The molecule has 2 amide bonds. The molecule has 0 unspecified atom stereocenters. The second kappa shape index (κ2) is 6.96. The summed E-state index contributed by atoms with van der Waals surface area (Å²) in [5.74, 6) is -0.321. The van der Waals surface area contributed by atoms with E-state index in [0.717, 1.165) is 18.7 Å². The van der Waals surface area contributed by atoms with Gasteiger partial charge in [-0.05, 0) is 26.1 Å².